The Morgan fingerprint density at radius 3 is 2.80 bits per heavy atom. The number of aromatic nitrogens is 1. The summed E-state index contributed by atoms with van der Waals surface area (Å²) in [6.45, 7) is 2.57. The van der Waals surface area contributed by atoms with Crippen molar-refractivity contribution in [2.75, 3.05) is 44.8 Å². The lowest BCUT2D eigenvalue weighted by Crippen LogP contribution is -2.50. The number of methoxy groups -OCH3 is 1. The third-order valence-corrected chi connectivity index (χ3v) is 7.45. The molecule has 0 spiro atoms. The van der Waals surface area contributed by atoms with Crippen LogP contribution in [0.4, 0.5) is 18.9 Å². The number of anilines is 1. The molecule has 2 saturated heterocycles. The highest BCUT2D eigenvalue weighted by molar-refractivity contribution is 5.98. The summed E-state index contributed by atoms with van der Waals surface area (Å²) in [4.78, 5) is 20.2. The monoisotopic (exact) mass is 482 g/mol. The van der Waals surface area contributed by atoms with Crippen molar-refractivity contribution in [2.24, 2.45) is 11.3 Å². The van der Waals surface area contributed by atoms with E-state index in [1.807, 2.05) is 40.3 Å². The molecule has 182 valence electrons. The summed E-state index contributed by atoms with van der Waals surface area (Å²) in [5.41, 5.74) is 0.435. The van der Waals surface area contributed by atoms with Crippen LogP contribution in [0.2, 0.25) is 0 Å². The van der Waals surface area contributed by atoms with Gasteiger partial charge in [0.15, 0.2) is 0 Å². The van der Waals surface area contributed by atoms with Crippen LogP contribution in [0, 0.1) is 22.7 Å². The van der Waals surface area contributed by atoms with Gasteiger partial charge in [0.1, 0.15) is 0 Å². The van der Waals surface area contributed by atoms with Gasteiger partial charge in [0.25, 0.3) is 5.91 Å². The third kappa shape index (κ3) is 4.12. The van der Waals surface area contributed by atoms with E-state index in [1.165, 1.54) is 6.07 Å². The van der Waals surface area contributed by atoms with E-state index < -0.39 is 11.7 Å². The minimum atomic E-state index is -4.61. The Bertz CT molecular complexity index is 1310. The number of piperidine rings is 1. The molecule has 9 heteroatoms. The predicted molar refractivity (Wildman–Crippen MR) is 125 cm³/mol. The number of likely N-dealkylation sites (tertiary alicyclic amines) is 1. The van der Waals surface area contributed by atoms with Crippen molar-refractivity contribution in [2.45, 2.75) is 12.6 Å². The topological polar surface area (TPSA) is 72.4 Å². The predicted octanol–water partition coefficient (Wildman–Crippen LogP) is 4.67. The van der Waals surface area contributed by atoms with Gasteiger partial charge in [-0.2, -0.15) is 18.4 Å². The molecule has 1 aromatic heterocycles. The molecule has 2 aliphatic heterocycles. The van der Waals surface area contributed by atoms with Crippen molar-refractivity contribution in [3.8, 4) is 6.07 Å². The van der Waals surface area contributed by atoms with Crippen molar-refractivity contribution in [3.05, 3.63) is 65.4 Å². The van der Waals surface area contributed by atoms with Crippen LogP contribution in [0.3, 0.4) is 0 Å². The molecule has 1 N–H and O–H groups in total. The fraction of sp³-hybridized carbons (Fsp3) is 0.385. The maximum absolute atomic E-state index is 13.5. The van der Waals surface area contributed by atoms with Crippen LogP contribution in [0.25, 0.3) is 10.9 Å². The molecule has 2 fully saturated rings. The maximum Gasteiger partial charge on any atom is 0.417 e. The van der Waals surface area contributed by atoms with Crippen molar-refractivity contribution in [1.29, 1.82) is 5.26 Å². The van der Waals surface area contributed by atoms with Crippen LogP contribution < -0.4 is 4.90 Å². The molecule has 2 aromatic carbocycles. The molecule has 0 aliphatic carbocycles. The van der Waals surface area contributed by atoms with Gasteiger partial charge in [-0.15, -0.1) is 0 Å². The molecular formula is C26H25F3N4O2. The molecule has 0 saturated carbocycles. The molecule has 0 bridgehead atoms. The normalized spacial score (nSPS) is 22.3. The molecule has 2 atom stereocenters. The Labute approximate surface area is 200 Å². The molecule has 35 heavy (non-hydrogen) atoms. The Hall–Kier alpha value is -3.51. The fourth-order valence-electron chi connectivity index (χ4n) is 5.62. The number of amides is 1. The number of nitriles is 1. The van der Waals surface area contributed by atoms with Crippen LogP contribution in [-0.4, -0.2) is 55.7 Å². The van der Waals surface area contributed by atoms with Gasteiger partial charge in [-0.1, -0.05) is 0 Å². The van der Waals surface area contributed by atoms with Crippen LogP contribution >= 0.6 is 0 Å². The van der Waals surface area contributed by atoms with E-state index in [4.69, 9.17) is 10.00 Å². The lowest BCUT2D eigenvalue weighted by atomic mass is 9.73. The second-order valence-corrected chi connectivity index (χ2v) is 9.49. The van der Waals surface area contributed by atoms with E-state index in [-0.39, 0.29) is 22.8 Å². The number of carbonyl (C=O) groups is 1. The van der Waals surface area contributed by atoms with Crippen LogP contribution in [0.1, 0.15) is 27.9 Å². The number of aromatic amines is 1. The lowest BCUT2D eigenvalue weighted by Gasteiger charge is -2.43. The number of alkyl halides is 3. The number of fused-ring (bicyclic) bond motifs is 2. The van der Waals surface area contributed by atoms with Crippen LogP contribution in [-0.2, 0) is 10.9 Å². The van der Waals surface area contributed by atoms with E-state index in [9.17, 15) is 18.0 Å². The molecule has 1 amide bonds. The second-order valence-electron chi connectivity index (χ2n) is 9.49. The van der Waals surface area contributed by atoms with E-state index in [0.29, 0.717) is 50.5 Å². The molecule has 2 aliphatic rings. The minimum Gasteiger partial charge on any atom is -0.384 e. The van der Waals surface area contributed by atoms with Gasteiger partial charge < -0.3 is 19.5 Å². The third-order valence-electron chi connectivity index (χ3n) is 7.45. The number of hydrogen-bond acceptors (Lipinski definition) is 4. The Morgan fingerprint density at radius 1 is 1.23 bits per heavy atom. The first-order chi connectivity index (χ1) is 16.7. The molecule has 6 nitrogen and oxygen atoms in total. The van der Waals surface area contributed by atoms with Gasteiger partial charge in [-0.25, -0.2) is 0 Å². The molecule has 3 heterocycles. The van der Waals surface area contributed by atoms with Crippen LogP contribution in [0.15, 0.2) is 48.7 Å². The summed E-state index contributed by atoms with van der Waals surface area (Å²) in [6.07, 6.45) is -2.08. The SMILES string of the molecule is COC[C@@]12CCN(C(=O)c3ccc4[nH]ccc4c3)C[C@@H]1CN(c1ccc(C#N)c(C(F)(F)F)c1)C2. The summed E-state index contributed by atoms with van der Waals surface area (Å²) in [7, 11) is 1.63. The van der Waals surface area contributed by atoms with Crippen molar-refractivity contribution >= 4 is 22.5 Å². The van der Waals surface area contributed by atoms with Crippen molar-refractivity contribution < 1.29 is 22.7 Å². The van der Waals surface area contributed by atoms with E-state index in [0.717, 1.165) is 17.0 Å². The first-order valence-corrected chi connectivity index (χ1v) is 11.5. The first kappa shape index (κ1) is 23.2. The zero-order chi connectivity index (χ0) is 24.8. The van der Waals surface area contributed by atoms with Gasteiger partial charge in [0.2, 0.25) is 0 Å². The first-order valence-electron chi connectivity index (χ1n) is 11.5. The Balaban J connectivity index is 1.40. The zero-order valence-electron chi connectivity index (χ0n) is 19.2. The molecule has 3 aromatic rings. The van der Waals surface area contributed by atoms with Crippen molar-refractivity contribution in [3.63, 3.8) is 0 Å². The van der Waals surface area contributed by atoms with Crippen molar-refractivity contribution in [1.82, 2.24) is 9.88 Å². The summed E-state index contributed by atoms with van der Waals surface area (Å²) < 4.78 is 46.2. The van der Waals surface area contributed by atoms with Gasteiger partial charge in [-0.3, -0.25) is 4.79 Å². The summed E-state index contributed by atoms with van der Waals surface area (Å²) >= 11 is 0. The number of nitrogens with one attached hydrogen (secondary N) is 1. The highest BCUT2D eigenvalue weighted by Gasteiger charge is 2.50. The van der Waals surface area contributed by atoms with Gasteiger partial charge >= 0.3 is 6.18 Å². The van der Waals surface area contributed by atoms with Gasteiger partial charge in [-0.05, 0) is 48.9 Å². The average Bonchev–Trinajstić information content (AvgIpc) is 3.46. The summed E-state index contributed by atoms with van der Waals surface area (Å²) in [6, 6.07) is 13.0. The quantitative estimate of drug-likeness (QED) is 0.587. The minimum absolute atomic E-state index is 0.0427. The summed E-state index contributed by atoms with van der Waals surface area (Å²) in [5.74, 6) is -0.00332. The number of H-pyrrole nitrogens is 1. The molecule has 0 unspecified atom stereocenters. The number of benzene rings is 2. The van der Waals surface area contributed by atoms with Gasteiger partial charge in [0, 0.05) is 73.0 Å². The van der Waals surface area contributed by atoms with Gasteiger partial charge in [0.05, 0.1) is 23.8 Å². The zero-order valence-corrected chi connectivity index (χ0v) is 19.2. The Kier molecular flexibility index (Phi) is 5.72. The fourth-order valence-corrected chi connectivity index (χ4v) is 5.62. The van der Waals surface area contributed by atoms with E-state index in [2.05, 4.69) is 4.98 Å². The average molecular weight is 483 g/mol. The highest BCUT2D eigenvalue weighted by atomic mass is 19.4. The second kappa shape index (κ2) is 8.61. The number of carbonyl (C=O) groups excluding carboxylic acids is 1. The standard InChI is InChI=1S/C26H25F3N4O2/c1-35-16-25-7-9-32(24(34)18-3-5-23-17(10-18)6-8-31-23)13-20(25)14-33(15-25)21-4-2-19(12-30)22(11-21)26(27,28)29/h2-6,8,10-11,20,31H,7,9,13-16H2,1H3/t20-,25+/m1/s1. The Morgan fingerprint density at radius 2 is 2.06 bits per heavy atom. The molecule has 5 rings (SSSR count). The molecule has 0 radical (unpaired) electrons. The number of hydrogen-bond donors (Lipinski definition) is 1. The largest absolute Gasteiger partial charge is 0.417 e. The van der Waals surface area contributed by atoms with E-state index >= 15 is 0 Å². The highest BCUT2D eigenvalue weighted by Crippen LogP contribution is 2.45. The molecular weight excluding hydrogens is 457 g/mol. The number of halogens is 3. The van der Waals surface area contributed by atoms with E-state index in [1.54, 1.807) is 19.2 Å². The summed E-state index contributed by atoms with van der Waals surface area (Å²) in [5, 5.41) is 10.1. The lowest BCUT2D eigenvalue weighted by molar-refractivity contribution is -0.137. The smallest absolute Gasteiger partial charge is 0.384 e. The number of ether oxygens (including phenoxy) is 1. The number of nitrogens with zero attached hydrogens (tertiary/aromatic N) is 3. The maximum atomic E-state index is 13.5. The van der Waals surface area contributed by atoms with Crippen LogP contribution in [0.5, 0.6) is 0 Å². The number of rotatable bonds is 4.